The van der Waals surface area contributed by atoms with Crippen molar-refractivity contribution in [1.82, 2.24) is 14.9 Å². The van der Waals surface area contributed by atoms with Crippen molar-refractivity contribution in [2.24, 2.45) is 0 Å². The van der Waals surface area contributed by atoms with Crippen LogP contribution >= 0.6 is 23.1 Å². The van der Waals surface area contributed by atoms with Crippen molar-refractivity contribution in [3.05, 3.63) is 21.3 Å². The second-order valence-electron chi connectivity index (χ2n) is 4.75. The van der Waals surface area contributed by atoms with E-state index in [4.69, 9.17) is 4.74 Å². The summed E-state index contributed by atoms with van der Waals surface area (Å²) in [4.78, 5) is 23.7. The zero-order valence-corrected chi connectivity index (χ0v) is 13.0. The molecule has 108 valence electrons. The maximum Gasteiger partial charge on any atom is 0.260 e. The highest BCUT2D eigenvalue weighted by Gasteiger charge is 2.11. The number of H-pyrrole nitrogens is 1. The minimum absolute atomic E-state index is 0.0341. The van der Waals surface area contributed by atoms with Crippen molar-refractivity contribution in [3.8, 4) is 0 Å². The second-order valence-corrected chi connectivity index (χ2v) is 7.07. The Morgan fingerprint density at radius 1 is 1.50 bits per heavy atom. The first-order chi connectivity index (χ1) is 9.72. The highest BCUT2D eigenvalue weighted by Crippen LogP contribution is 2.22. The van der Waals surface area contributed by atoms with E-state index >= 15 is 0 Å². The summed E-state index contributed by atoms with van der Waals surface area (Å²) in [6.45, 7) is 6.62. The molecule has 2 aromatic heterocycles. The van der Waals surface area contributed by atoms with E-state index in [1.165, 1.54) is 0 Å². The Bertz CT molecular complexity index is 647. The molecule has 0 saturated carbocycles. The Morgan fingerprint density at radius 3 is 3.10 bits per heavy atom. The molecule has 7 heteroatoms. The molecule has 1 aliphatic rings. The minimum atomic E-state index is -0.0341. The summed E-state index contributed by atoms with van der Waals surface area (Å²) in [5.74, 6) is 0.929. The Labute approximate surface area is 125 Å². The van der Waals surface area contributed by atoms with Gasteiger partial charge in [0.15, 0.2) is 5.16 Å². The van der Waals surface area contributed by atoms with Crippen LogP contribution in [0.3, 0.4) is 0 Å². The molecule has 0 amide bonds. The number of fused-ring (bicyclic) bond motifs is 1. The first-order valence-electron chi connectivity index (χ1n) is 6.66. The van der Waals surface area contributed by atoms with Gasteiger partial charge in [0.1, 0.15) is 4.83 Å². The SMILES string of the molecule is Cc1cc2c(=O)[nH]c(SCCN3CCOCC3)nc2s1. The van der Waals surface area contributed by atoms with E-state index in [1.54, 1.807) is 23.1 Å². The number of hydrogen-bond acceptors (Lipinski definition) is 6. The maximum atomic E-state index is 11.9. The average Bonchev–Trinajstić information content (AvgIpc) is 2.81. The van der Waals surface area contributed by atoms with Gasteiger partial charge in [-0.3, -0.25) is 9.69 Å². The fourth-order valence-corrected chi connectivity index (χ4v) is 4.00. The third-order valence-electron chi connectivity index (χ3n) is 3.25. The first-order valence-corrected chi connectivity index (χ1v) is 8.46. The number of nitrogens with one attached hydrogen (secondary N) is 1. The van der Waals surface area contributed by atoms with E-state index in [0.717, 1.165) is 53.5 Å². The Kier molecular flexibility index (Phi) is 4.40. The fraction of sp³-hybridized carbons (Fsp3) is 0.538. The molecule has 0 spiro atoms. The zero-order chi connectivity index (χ0) is 13.9. The summed E-state index contributed by atoms with van der Waals surface area (Å²) in [7, 11) is 0. The largest absolute Gasteiger partial charge is 0.379 e. The van der Waals surface area contributed by atoms with Crippen molar-refractivity contribution in [2.45, 2.75) is 12.1 Å². The third kappa shape index (κ3) is 3.22. The molecule has 0 radical (unpaired) electrons. The third-order valence-corrected chi connectivity index (χ3v) is 5.05. The molecule has 0 aromatic carbocycles. The summed E-state index contributed by atoms with van der Waals surface area (Å²) in [5, 5.41) is 1.42. The van der Waals surface area contributed by atoms with Gasteiger partial charge in [-0.15, -0.1) is 11.3 Å². The number of ether oxygens (including phenoxy) is 1. The Balaban J connectivity index is 1.63. The minimum Gasteiger partial charge on any atom is -0.379 e. The molecule has 5 nitrogen and oxygen atoms in total. The van der Waals surface area contributed by atoms with Crippen LogP contribution in [0.1, 0.15) is 4.88 Å². The highest BCUT2D eigenvalue weighted by molar-refractivity contribution is 7.99. The van der Waals surface area contributed by atoms with Crippen LogP contribution in [0.15, 0.2) is 16.0 Å². The lowest BCUT2D eigenvalue weighted by Gasteiger charge is -2.26. The molecular formula is C13H17N3O2S2. The van der Waals surface area contributed by atoms with Gasteiger partial charge in [0, 0.05) is 30.3 Å². The van der Waals surface area contributed by atoms with Gasteiger partial charge in [0.2, 0.25) is 0 Å². The normalized spacial score (nSPS) is 16.9. The molecule has 1 N–H and O–H groups in total. The van der Waals surface area contributed by atoms with Gasteiger partial charge >= 0.3 is 0 Å². The molecular weight excluding hydrogens is 294 g/mol. The molecule has 20 heavy (non-hydrogen) atoms. The maximum absolute atomic E-state index is 11.9. The fourth-order valence-electron chi connectivity index (χ4n) is 2.20. The number of thiophene rings is 1. The number of thioether (sulfide) groups is 1. The van der Waals surface area contributed by atoms with Crippen molar-refractivity contribution in [3.63, 3.8) is 0 Å². The molecule has 0 atom stereocenters. The number of morpholine rings is 1. The van der Waals surface area contributed by atoms with Gasteiger partial charge in [-0.05, 0) is 13.0 Å². The predicted octanol–water partition coefficient (Wildman–Crippen LogP) is 1.72. The van der Waals surface area contributed by atoms with Gasteiger partial charge in [-0.25, -0.2) is 4.98 Å². The molecule has 0 bridgehead atoms. The molecule has 1 aliphatic heterocycles. The topological polar surface area (TPSA) is 58.2 Å². The van der Waals surface area contributed by atoms with Gasteiger partial charge in [0.05, 0.1) is 18.6 Å². The van der Waals surface area contributed by atoms with Crippen LogP contribution < -0.4 is 5.56 Å². The average molecular weight is 311 g/mol. The molecule has 1 saturated heterocycles. The van der Waals surface area contributed by atoms with Crippen LogP contribution in [-0.2, 0) is 4.74 Å². The van der Waals surface area contributed by atoms with Gasteiger partial charge < -0.3 is 9.72 Å². The van der Waals surface area contributed by atoms with Crippen molar-refractivity contribution in [2.75, 3.05) is 38.6 Å². The monoisotopic (exact) mass is 311 g/mol. The number of rotatable bonds is 4. The molecule has 3 heterocycles. The van der Waals surface area contributed by atoms with Crippen LogP contribution in [0.5, 0.6) is 0 Å². The molecule has 2 aromatic rings. The number of aryl methyl sites for hydroxylation is 1. The van der Waals surface area contributed by atoms with Gasteiger partial charge in [0.25, 0.3) is 5.56 Å². The van der Waals surface area contributed by atoms with Gasteiger partial charge in [-0.1, -0.05) is 11.8 Å². The van der Waals surface area contributed by atoms with Crippen LogP contribution in [-0.4, -0.2) is 53.5 Å². The predicted molar refractivity (Wildman–Crippen MR) is 83.0 cm³/mol. The zero-order valence-electron chi connectivity index (χ0n) is 11.3. The standard InChI is InChI=1S/C13H17N3O2S2/c1-9-8-10-11(17)14-13(15-12(10)20-9)19-7-4-16-2-5-18-6-3-16/h8H,2-7H2,1H3,(H,14,15,17). The summed E-state index contributed by atoms with van der Waals surface area (Å²) in [6, 6.07) is 1.90. The van der Waals surface area contributed by atoms with Crippen LogP contribution in [0.4, 0.5) is 0 Å². The van der Waals surface area contributed by atoms with Crippen molar-refractivity contribution < 1.29 is 4.74 Å². The highest BCUT2D eigenvalue weighted by atomic mass is 32.2. The van der Waals surface area contributed by atoms with Crippen LogP contribution in [0.2, 0.25) is 0 Å². The van der Waals surface area contributed by atoms with Crippen molar-refractivity contribution in [1.29, 1.82) is 0 Å². The van der Waals surface area contributed by atoms with E-state index < -0.39 is 0 Å². The molecule has 0 aliphatic carbocycles. The van der Waals surface area contributed by atoms with Crippen LogP contribution in [0, 0.1) is 6.92 Å². The first kappa shape index (κ1) is 14.1. The van der Waals surface area contributed by atoms with Gasteiger partial charge in [-0.2, -0.15) is 0 Å². The number of nitrogens with zero attached hydrogens (tertiary/aromatic N) is 2. The quantitative estimate of drug-likeness (QED) is 0.688. The summed E-state index contributed by atoms with van der Waals surface area (Å²) < 4.78 is 5.32. The summed E-state index contributed by atoms with van der Waals surface area (Å²) >= 11 is 3.18. The van der Waals surface area contributed by atoms with E-state index in [9.17, 15) is 4.79 Å². The van der Waals surface area contributed by atoms with Crippen molar-refractivity contribution >= 4 is 33.3 Å². The van der Waals surface area contributed by atoms with Crippen LogP contribution in [0.25, 0.3) is 10.2 Å². The molecule has 0 unspecified atom stereocenters. The number of aromatic amines is 1. The number of aromatic nitrogens is 2. The second kappa shape index (κ2) is 6.26. The summed E-state index contributed by atoms with van der Waals surface area (Å²) in [5.41, 5.74) is -0.0341. The Morgan fingerprint density at radius 2 is 2.30 bits per heavy atom. The van der Waals surface area contributed by atoms with E-state index in [1.807, 2.05) is 13.0 Å². The number of hydrogen-bond donors (Lipinski definition) is 1. The molecule has 1 fully saturated rings. The van der Waals surface area contributed by atoms with E-state index in [-0.39, 0.29) is 5.56 Å². The lowest BCUT2D eigenvalue weighted by molar-refractivity contribution is 0.0410. The smallest absolute Gasteiger partial charge is 0.260 e. The summed E-state index contributed by atoms with van der Waals surface area (Å²) in [6.07, 6.45) is 0. The van der Waals surface area contributed by atoms with E-state index in [0.29, 0.717) is 5.39 Å². The molecule has 3 rings (SSSR count). The lowest BCUT2D eigenvalue weighted by atomic mass is 10.4. The van der Waals surface area contributed by atoms with E-state index in [2.05, 4.69) is 14.9 Å². The lowest BCUT2D eigenvalue weighted by Crippen LogP contribution is -2.37. The Hall–Kier alpha value is -0.890.